The zero-order valence-corrected chi connectivity index (χ0v) is 8.85. The van der Waals surface area contributed by atoms with Gasteiger partial charge in [0, 0.05) is 17.5 Å². The molecule has 1 fully saturated rings. The summed E-state index contributed by atoms with van der Waals surface area (Å²) in [5, 5.41) is 12.2. The summed E-state index contributed by atoms with van der Waals surface area (Å²) in [5.41, 5.74) is 0.0194. The third kappa shape index (κ3) is 2.44. The van der Waals surface area contributed by atoms with E-state index in [-0.39, 0.29) is 23.4 Å². The van der Waals surface area contributed by atoms with Gasteiger partial charge in [-0.05, 0) is 40.0 Å². The third-order valence-electron chi connectivity index (χ3n) is 2.86. The van der Waals surface area contributed by atoms with E-state index in [1.807, 2.05) is 0 Å². The molecule has 0 saturated carbocycles. The minimum Gasteiger partial charge on any atom is -0.481 e. The van der Waals surface area contributed by atoms with Crippen molar-refractivity contribution in [1.29, 1.82) is 0 Å². The standard InChI is InChI=1S/C10H19NO2/c1-9(2)6-7(5-8(12)13)10(3,4)11-9/h7,11H,5-6H2,1-4H3,(H,12,13). The number of hydrogen-bond donors (Lipinski definition) is 2. The number of carboxylic acid groups (broad SMARTS) is 1. The monoisotopic (exact) mass is 185 g/mol. The first-order chi connectivity index (χ1) is 5.73. The van der Waals surface area contributed by atoms with Gasteiger partial charge in [-0.1, -0.05) is 0 Å². The van der Waals surface area contributed by atoms with E-state index in [4.69, 9.17) is 5.11 Å². The molecule has 13 heavy (non-hydrogen) atoms. The summed E-state index contributed by atoms with van der Waals surface area (Å²) in [6, 6.07) is 0. The second-order valence-corrected chi connectivity index (χ2v) is 5.23. The highest BCUT2D eigenvalue weighted by atomic mass is 16.4. The highest BCUT2D eigenvalue weighted by Crippen LogP contribution is 2.37. The predicted molar refractivity (Wildman–Crippen MR) is 51.7 cm³/mol. The van der Waals surface area contributed by atoms with Crippen LogP contribution in [0.1, 0.15) is 40.5 Å². The van der Waals surface area contributed by atoms with Crippen LogP contribution in [0.15, 0.2) is 0 Å². The minimum absolute atomic E-state index is 0.0537. The van der Waals surface area contributed by atoms with Crippen molar-refractivity contribution in [2.24, 2.45) is 5.92 Å². The molecule has 1 rings (SSSR count). The maximum Gasteiger partial charge on any atom is 0.303 e. The summed E-state index contributed by atoms with van der Waals surface area (Å²) in [6.45, 7) is 8.40. The predicted octanol–water partition coefficient (Wildman–Crippen LogP) is 1.63. The van der Waals surface area contributed by atoms with Crippen molar-refractivity contribution >= 4 is 5.97 Å². The molecule has 1 heterocycles. The summed E-state index contributed by atoms with van der Waals surface area (Å²) < 4.78 is 0. The lowest BCUT2D eigenvalue weighted by Crippen LogP contribution is -2.45. The second-order valence-electron chi connectivity index (χ2n) is 5.23. The summed E-state index contributed by atoms with van der Waals surface area (Å²) in [5.74, 6) is -0.461. The van der Waals surface area contributed by atoms with Crippen molar-refractivity contribution in [3.05, 3.63) is 0 Å². The SMILES string of the molecule is CC1(C)CC(CC(=O)O)C(C)(C)N1. The van der Waals surface area contributed by atoms with Crippen molar-refractivity contribution in [3.8, 4) is 0 Å². The van der Waals surface area contributed by atoms with Gasteiger partial charge < -0.3 is 10.4 Å². The van der Waals surface area contributed by atoms with Crippen LogP contribution in [0.3, 0.4) is 0 Å². The van der Waals surface area contributed by atoms with Crippen molar-refractivity contribution in [1.82, 2.24) is 5.32 Å². The summed E-state index contributed by atoms with van der Waals surface area (Å²) in [6.07, 6.45) is 1.20. The molecule has 1 saturated heterocycles. The fourth-order valence-electron chi connectivity index (χ4n) is 2.43. The molecule has 3 nitrogen and oxygen atoms in total. The van der Waals surface area contributed by atoms with Crippen LogP contribution in [0.2, 0.25) is 0 Å². The molecule has 0 aromatic heterocycles. The smallest absolute Gasteiger partial charge is 0.303 e. The van der Waals surface area contributed by atoms with Gasteiger partial charge in [0.25, 0.3) is 0 Å². The number of aliphatic carboxylic acids is 1. The molecule has 2 N–H and O–H groups in total. The van der Waals surface area contributed by atoms with Gasteiger partial charge in [0.05, 0.1) is 0 Å². The number of rotatable bonds is 2. The summed E-state index contributed by atoms with van der Waals surface area (Å²) in [4.78, 5) is 10.6. The van der Waals surface area contributed by atoms with Crippen LogP contribution in [0.5, 0.6) is 0 Å². The molecule has 1 unspecified atom stereocenters. The van der Waals surface area contributed by atoms with Gasteiger partial charge in [-0.2, -0.15) is 0 Å². The van der Waals surface area contributed by atoms with Gasteiger partial charge in [-0.25, -0.2) is 0 Å². The third-order valence-corrected chi connectivity index (χ3v) is 2.86. The Kier molecular flexibility index (Phi) is 2.41. The van der Waals surface area contributed by atoms with Crippen molar-refractivity contribution < 1.29 is 9.90 Å². The Morgan fingerprint density at radius 3 is 2.31 bits per heavy atom. The quantitative estimate of drug-likeness (QED) is 0.687. The number of carbonyl (C=O) groups is 1. The molecule has 3 heteroatoms. The molecule has 1 aliphatic heterocycles. The first-order valence-electron chi connectivity index (χ1n) is 4.74. The number of carboxylic acids is 1. The highest BCUT2D eigenvalue weighted by Gasteiger charge is 2.44. The van der Waals surface area contributed by atoms with Crippen LogP contribution in [0.4, 0.5) is 0 Å². The van der Waals surface area contributed by atoms with E-state index < -0.39 is 5.97 Å². The molecule has 0 bridgehead atoms. The van der Waals surface area contributed by atoms with E-state index in [9.17, 15) is 4.79 Å². The topological polar surface area (TPSA) is 49.3 Å². The van der Waals surface area contributed by atoms with E-state index in [0.29, 0.717) is 0 Å². The highest BCUT2D eigenvalue weighted by molar-refractivity contribution is 5.67. The molecule has 0 radical (unpaired) electrons. The van der Waals surface area contributed by atoms with Crippen molar-refractivity contribution in [2.75, 3.05) is 0 Å². The van der Waals surface area contributed by atoms with Gasteiger partial charge >= 0.3 is 5.97 Å². The Labute approximate surface area is 79.5 Å². The van der Waals surface area contributed by atoms with Crippen LogP contribution in [0.25, 0.3) is 0 Å². The van der Waals surface area contributed by atoms with Crippen molar-refractivity contribution in [3.63, 3.8) is 0 Å². The molecule has 76 valence electrons. The van der Waals surface area contributed by atoms with E-state index >= 15 is 0 Å². The Balaban J connectivity index is 2.70. The van der Waals surface area contributed by atoms with Crippen LogP contribution in [-0.2, 0) is 4.79 Å². The van der Waals surface area contributed by atoms with E-state index in [2.05, 4.69) is 33.0 Å². The second kappa shape index (κ2) is 2.98. The summed E-state index contributed by atoms with van der Waals surface area (Å²) >= 11 is 0. The fourth-order valence-corrected chi connectivity index (χ4v) is 2.43. The molecule has 1 aliphatic rings. The maximum absolute atomic E-state index is 10.6. The molecule has 0 aromatic carbocycles. The zero-order chi connectivity index (χ0) is 10.3. The Hall–Kier alpha value is -0.570. The van der Waals surface area contributed by atoms with Gasteiger partial charge in [0.15, 0.2) is 0 Å². The molecule has 0 aliphatic carbocycles. The van der Waals surface area contributed by atoms with Gasteiger partial charge in [0.2, 0.25) is 0 Å². The Morgan fingerprint density at radius 1 is 1.46 bits per heavy atom. The number of hydrogen-bond acceptors (Lipinski definition) is 2. The van der Waals surface area contributed by atoms with Gasteiger partial charge in [-0.15, -0.1) is 0 Å². The van der Waals surface area contributed by atoms with E-state index in [0.717, 1.165) is 6.42 Å². The van der Waals surface area contributed by atoms with Crippen LogP contribution < -0.4 is 5.32 Å². The van der Waals surface area contributed by atoms with Gasteiger partial charge in [-0.3, -0.25) is 4.79 Å². The molecule has 1 atom stereocenters. The van der Waals surface area contributed by atoms with Crippen molar-refractivity contribution in [2.45, 2.75) is 51.6 Å². The zero-order valence-electron chi connectivity index (χ0n) is 8.85. The first-order valence-corrected chi connectivity index (χ1v) is 4.74. The van der Waals surface area contributed by atoms with E-state index in [1.54, 1.807) is 0 Å². The molecular formula is C10H19NO2. The minimum atomic E-state index is -0.697. The lowest BCUT2D eigenvalue weighted by Gasteiger charge is -2.27. The maximum atomic E-state index is 10.6. The lowest BCUT2D eigenvalue weighted by atomic mass is 9.85. The molecule has 0 spiro atoms. The average molecular weight is 185 g/mol. The average Bonchev–Trinajstić information content (AvgIpc) is 1.98. The van der Waals surface area contributed by atoms with Crippen LogP contribution >= 0.6 is 0 Å². The Morgan fingerprint density at radius 2 is 2.00 bits per heavy atom. The lowest BCUT2D eigenvalue weighted by molar-refractivity contribution is -0.138. The van der Waals surface area contributed by atoms with E-state index in [1.165, 1.54) is 0 Å². The first kappa shape index (κ1) is 10.5. The van der Waals surface area contributed by atoms with Crippen LogP contribution in [-0.4, -0.2) is 22.2 Å². The fraction of sp³-hybridized carbons (Fsp3) is 0.900. The normalized spacial score (nSPS) is 30.3. The number of nitrogens with one attached hydrogen (secondary N) is 1. The molecular weight excluding hydrogens is 166 g/mol. The largest absolute Gasteiger partial charge is 0.481 e. The van der Waals surface area contributed by atoms with Gasteiger partial charge in [0.1, 0.15) is 0 Å². The van der Waals surface area contributed by atoms with Crippen LogP contribution in [0, 0.1) is 5.92 Å². The molecule has 0 aromatic rings. The summed E-state index contributed by atoms with van der Waals surface area (Å²) in [7, 11) is 0. The molecule has 0 amide bonds. The Bertz CT molecular complexity index is 221.